The van der Waals surface area contributed by atoms with Gasteiger partial charge in [0.25, 0.3) is 5.91 Å². The number of carbonyl (C=O) groups is 1. The van der Waals surface area contributed by atoms with E-state index in [9.17, 15) is 15.2 Å². The largest absolute Gasteiger partial charge is 0.493 e. The fourth-order valence-electron chi connectivity index (χ4n) is 3.72. The molecule has 10 nitrogen and oxygen atoms in total. The second-order valence-corrected chi connectivity index (χ2v) is 7.76. The zero-order valence-corrected chi connectivity index (χ0v) is 19.4. The number of pyridine rings is 1. The van der Waals surface area contributed by atoms with Crippen LogP contribution in [0.3, 0.4) is 0 Å². The molecule has 0 saturated heterocycles. The van der Waals surface area contributed by atoms with E-state index in [0.717, 1.165) is 16.5 Å². The van der Waals surface area contributed by atoms with Crippen molar-refractivity contribution in [3.8, 4) is 28.7 Å². The minimum Gasteiger partial charge on any atom is -0.493 e. The number of H-pyrrole nitrogens is 1. The predicted molar refractivity (Wildman–Crippen MR) is 129 cm³/mol. The molecule has 0 aliphatic rings. The second kappa shape index (κ2) is 10.1. The molecule has 4 rings (SSSR count). The van der Waals surface area contributed by atoms with Crippen LogP contribution >= 0.6 is 0 Å². The summed E-state index contributed by atoms with van der Waals surface area (Å²) in [5, 5.41) is 27.2. The Labute approximate surface area is 201 Å². The second-order valence-electron chi connectivity index (χ2n) is 7.76. The van der Waals surface area contributed by atoms with Crippen LogP contribution in [0.5, 0.6) is 11.5 Å². The molecule has 35 heavy (non-hydrogen) atoms. The molecule has 0 aliphatic heterocycles. The molecule has 0 fully saturated rings. The maximum Gasteiger partial charge on any atom is 0.262 e. The van der Waals surface area contributed by atoms with Gasteiger partial charge >= 0.3 is 0 Å². The van der Waals surface area contributed by atoms with E-state index in [0.29, 0.717) is 28.3 Å². The van der Waals surface area contributed by atoms with E-state index in [4.69, 9.17) is 9.47 Å². The SMILES string of the molecule is COc1ccc([C@@H](CO)NC(=O)/C(C#N)=C/c2c[nH]c3ncc(-c4cnn(C)c4)cc23)cc1OC. The minimum atomic E-state index is -0.749. The van der Waals surface area contributed by atoms with Crippen molar-refractivity contribution in [3.05, 3.63) is 65.8 Å². The van der Waals surface area contributed by atoms with Crippen LogP contribution in [-0.4, -0.2) is 51.6 Å². The first-order valence-corrected chi connectivity index (χ1v) is 10.7. The maximum absolute atomic E-state index is 12.9. The highest BCUT2D eigenvalue weighted by Gasteiger charge is 2.19. The van der Waals surface area contributed by atoms with Gasteiger partial charge in [0.2, 0.25) is 0 Å². The van der Waals surface area contributed by atoms with Crippen LogP contribution in [-0.2, 0) is 11.8 Å². The number of rotatable bonds is 8. The van der Waals surface area contributed by atoms with Gasteiger partial charge in [0.05, 0.1) is 33.1 Å². The number of aliphatic hydroxyl groups excluding tert-OH is 1. The number of nitrogens with one attached hydrogen (secondary N) is 2. The van der Waals surface area contributed by atoms with E-state index in [1.165, 1.54) is 20.3 Å². The molecule has 178 valence electrons. The normalized spacial score (nSPS) is 12.3. The molecule has 3 heterocycles. The minimum absolute atomic E-state index is 0.114. The molecule has 0 saturated carbocycles. The van der Waals surface area contributed by atoms with Crippen LogP contribution in [0.25, 0.3) is 28.2 Å². The Morgan fingerprint density at radius 3 is 2.71 bits per heavy atom. The average molecular weight is 473 g/mol. The summed E-state index contributed by atoms with van der Waals surface area (Å²) in [5.41, 5.74) is 3.51. The van der Waals surface area contributed by atoms with Gasteiger partial charge < -0.3 is 24.9 Å². The van der Waals surface area contributed by atoms with Gasteiger partial charge in [0.15, 0.2) is 11.5 Å². The van der Waals surface area contributed by atoms with E-state index >= 15 is 0 Å². The third-order valence-electron chi connectivity index (χ3n) is 5.56. The summed E-state index contributed by atoms with van der Waals surface area (Å²) in [5.74, 6) is 0.368. The number of carbonyl (C=O) groups excluding carboxylic acids is 1. The molecular weight excluding hydrogens is 448 g/mol. The first-order valence-electron chi connectivity index (χ1n) is 10.7. The van der Waals surface area contributed by atoms with Crippen molar-refractivity contribution in [1.82, 2.24) is 25.1 Å². The van der Waals surface area contributed by atoms with E-state index in [2.05, 4.69) is 20.4 Å². The number of nitrogens with zero attached hydrogens (tertiary/aromatic N) is 4. The van der Waals surface area contributed by atoms with Gasteiger partial charge in [-0.2, -0.15) is 10.4 Å². The highest BCUT2D eigenvalue weighted by molar-refractivity contribution is 6.04. The third kappa shape index (κ3) is 4.85. The fourth-order valence-corrected chi connectivity index (χ4v) is 3.72. The summed E-state index contributed by atoms with van der Waals surface area (Å²) >= 11 is 0. The number of aromatic amines is 1. The summed E-state index contributed by atoms with van der Waals surface area (Å²) in [7, 11) is 4.85. The Balaban J connectivity index is 1.61. The molecule has 0 unspecified atom stereocenters. The summed E-state index contributed by atoms with van der Waals surface area (Å²) < 4.78 is 12.2. The maximum atomic E-state index is 12.9. The lowest BCUT2D eigenvalue weighted by molar-refractivity contribution is -0.118. The van der Waals surface area contributed by atoms with Crippen molar-refractivity contribution >= 4 is 23.0 Å². The average Bonchev–Trinajstić information content (AvgIpc) is 3.50. The molecule has 0 radical (unpaired) electrons. The van der Waals surface area contributed by atoms with Crippen molar-refractivity contribution < 1.29 is 19.4 Å². The Kier molecular flexibility index (Phi) is 6.80. The van der Waals surface area contributed by atoms with Crippen LogP contribution < -0.4 is 14.8 Å². The lowest BCUT2D eigenvalue weighted by Crippen LogP contribution is -2.31. The number of methoxy groups -OCH3 is 2. The van der Waals surface area contributed by atoms with Gasteiger partial charge in [0, 0.05) is 47.7 Å². The number of aromatic nitrogens is 4. The number of nitriles is 1. The van der Waals surface area contributed by atoms with E-state index in [1.807, 2.05) is 25.4 Å². The molecule has 0 aliphatic carbocycles. The van der Waals surface area contributed by atoms with Gasteiger partial charge in [-0.3, -0.25) is 9.48 Å². The third-order valence-corrected chi connectivity index (χ3v) is 5.56. The summed E-state index contributed by atoms with van der Waals surface area (Å²) in [6.45, 7) is -0.370. The molecule has 1 atom stereocenters. The molecule has 1 amide bonds. The monoisotopic (exact) mass is 472 g/mol. The zero-order chi connectivity index (χ0) is 24.9. The number of amides is 1. The molecule has 3 aromatic heterocycles. The van der Waals surface area contributed by atoms with Crippen LogP contribution in [0.4, 0.5) is 0 Å². The van der Waals surface area contributed by atoms with Crippen LogP contribution in [0.1, 0.15) is 17.2 Å². The molecule has 4 aromatic rings. The lowest BCUT2D eigenvalue weighted by Gasteiger charge is -2.18. The summed E-state index contributed by atoms with van der Waals surface area (Å²) in [6, 6.07) is 8.19. The molecular formula is C25H24N6O4. The van der Waals surface area contributed by atoms with Crippen molar-refractivity contribution in [2.24, 2.45) is 7.05 Å². The fraction of sp³-hybridized carbons (Fsp3) is 0.200. The van der Waals surface area contributed by atoms with Crippen molar-refractivity contribution in [2.75, 3.05) is 20.8 Å². The Hall–Kier alpha value is -4.62. The van der Waals surface area contributed by atoms with Crippen LogP contribution in [0.2, 0.25) is 0 Å². The zero-order valence-electron chi connectivity index (χ0n) is 19.4. The van der Waals surface area contributed by atoms with Gasteiger partial charge in [-0.25, -0.2) is 4.98 Å². The molecule has 10 heteroatoms. The highest BCUT2D eigenvalue weighted by Crippen LogP contribution is 2.30. The summed E-state index contributed by atoms with van der Waals surface area (Å²) in [6.07, 6.45) is 8.53. The number of fused-ring (bicyclic) bond motifs is 1. The number of ether oxygens (including phenoxy) is 2. The van der Waals surface area contributed by atoms with Gasteiger partial charge in [0.1, 0.15) is 17.3 Å². The van der Waals surface area contributed by atoms with E-state index < -0.39 is 11.9 Å². The number of aryl methyl sites for hydroxylation is 1. The standard InChI is InChI=1S/C25H24N6O4/c1-31-13-19(12-29-31)17-7-20-18(11-28-24(20)27-10-17)6-16(9-26)25(33)30-21(14-32)15-4-5-22(34-2)23(8-15)35-3/h4-8,10-13,21,32H,14H2,1-3H3,(H,27,28)(H,30,33)/b16-6+/t21-/m1/s1. The van der Waals surface area contributed by atoms with Crippen LogP contribution in [0, 0.1) is 11.3 Å². The highest BCUT2D eigenvalue weighted by atomic mass is 16.5. The van der Waals surface area contributed by atoms with Crippen molar-refractivity contribution in [1.29, 1.82) is 5.26 Å². The number of hydrogen-bond donors (Lipinski definition) is 3. The van der Waals surface area contributed by atoms with Gasteiger partial charge in [-0.15, -0.1) is 0 Å². The molecule has 0 spiro atoms. The van der Waals surface area contributed by atoms with Gasteiger partial charge in [-0.05, 0) is 29.8 Å². The van der Waals surface area contributed by atoms with Crippen LogP contribution in [0.15, 0.2) is 54.6 Å². The first kappa shape index (κ1) is 23.5. The first-order chi connectivity index (χ1) is 17.0. The lowest BCUT2D eigenvalue weighted by atomic mass is 10.0. The molecule has 0 bridgehead atoms. The van der Waals surface area contributed by atoms with E-state index in [1.54, 1.807) is 41.5 Å². The van der Waals surface area contributed by atoms with Gasteiger partial charge in [-0.1, -0.05) is 6.07 Å². The predicted octanol–water partition coefficient (Wildman–Crippen LogP) is 2.74. The smallest absolute Gasteiger partial charge is 0.262 e. The Morgan fingerprint density at radius 2 is 2.06 bits per heavy atom. The Morgan fingerprint density at radius 1 is 1.26 bits per heavy atom. The van der Waals surface area contributed by atoms with Crippen molar-refractivity contribution in [3.63, 3.8) is 0 Å². The number of aliphatic hydroxyl groups is 1. The van der Waals surface area contributed by atoms with Crippen molar-refractivity contribution in [2.45, 2.75) is 6.04 Å². The quantitative estimate of drug-likeness (QED) is 0.265. The molecule has 1 aromatic carbocycles. The Bertz CT molecular complexity index is 1450. The molecule has 3 N–H and O–H groups in total. The number of benzene rings is 1. The topological polar surface area (TPSA) is 138 Å². The number of hydrogen-bond acceptors (Lipinski definition) is 7. The summed E-state index contributed by atoms with van der Waals surface area (Å²) in [4.78, 5) is 20.4. The van der Waals surface area contributed by atoms with E-state index in [-0.39, 0.29) is 12.2 Å².